The number of aryl methyl sites for hydroxylation is 1. The minimum atomic E-state index is 0.665. The zero-order chi connectivity index (χ0) is 10.1. The van der Waals surface area contributed by atoms with Crippen LogP contribution in [0, 0.1) is 0 Å². The molecule has 0 aliphatic carbocycles. The maximum atomic E-state index is 5.90. The summed E-state index contributed by atoms with van der Waals surface area (Å²) < 4.78 is 0. The van der Waals surface area contributed by atoms with E-state index in [9.17, 15) is 0 Å². The Morgan fingerprint density at radius 1 is 1.43 bits per heavy atom. The fraction of sp³-hybridized carbons (Fsp3) is 0.600. The number of anilines is 1. The number of nitrogens with two attached hydrogens (primary N) is 1. The van der Waals surface area contributed by atoms with Crippen molar-refractivity contribution in [1.29, 1.82) is 0 Å². The van der Waals surface area contributed by atoms with Crippen molar-refractivity contribution >= 4 is 5.82 Å². The third-order valence-corrected chi connectivity index (χ3v) is 2.65. The van der Waals surface area contributed by atoms with Gasteiger partial charge in [-0.3, -0.25) is 0 Å². The number of hydrogen-bond acceptors (Lipinski definition) is 4. The van der Waals surface area contributed by atoms with Crippen LogP contribution in [0.25, 0.3) is 0 Å². The first-order valence-corrected chi connectivity index (χ1v) is 5.03. The average Bonchev–Trinajstić information content (AvgIpc) is 2.19. The van der Waals surface area contributed by atoms with E-state index in [0.717, 1.165) is 43.0 Å². The molecule has 0 bridgehead atoms. The average molecular weight is 192 g/mol. The molecule has 0 saturated heterocycles. The van der Waals surface area contributed by atoms with Crippen LogP contribution >= 0.6 is 0 Å². The summed E-state index contributed by atoms with van der Waals surface area (Å²) in [5.74, 6) is 1.53. The highest BCUT2D eigenvalue weighted by atomic mass is 15.1. The lowest BCUT2D eigenvalue weighted by molar-refractivity contribution is 0.309. The maximum Gasteiger partial charge on any atom is 0.131 e. The summed E-state index contributed by atoms with van der Waals surface area (Å²) in [4.78, 5) is 11.0. The Labute approximate surface area is 84.2 Å². The van der Waals surface area contributed by atoms with E-state index in [1.165, 1.54) is 0 Å². The molecule has 0 radical (unpaired) electrons. The van der Waals surface area contributed by atoms with Crippen LogP contribution in [-0.2, 0) is 19.4 Å². The summed E-state index contributed by atoms with van der Waals surface area (Å²) >= 11 is 0. The molecule has 0 fully saturated rings. The number of hydrogen-bond donors (Lipinski definition) is 1. The van der Waals surface area contributed by atoms with Crippen molar-refractivity contribution in [3.05, 3.63) is 17.1 Å². The zero-order valence-corrected chi connectivity index (χ0v) is 8.75. The monoisotopic (exact) mass is 192 g/mol. The quantitative estimate of drug-likeness (QED) is 0.708. The number of rotatable bonds is 1. The molecule has 1 aromatic heterocycles. The number of fused-ring (bicyclic) bond motifs is 1. The van der Waals surface area contributed by atoms with E-state index in [2.05, 4.69) is 28.8 Å². The molecule has 2 rings (SSSR count). The largest absolute Gasteiger partial charge is 0.383 e. The van der Waals surface area contributed by atoms with Gasteiger partial charge in [-0.15, -0.1) is 0 Å². The van der Waals surface area contributed by atoms with Gasteiger partial charge in [0.05, 0.1) is 5.69 Å². The molecule has 2 heterocycles. The highest BCUT2D eigenvalue weighted by molar-refractivity contribution is 5.43. The van der Waals surface area contributed by atoms with Crippen molar-refractivity contribution in [3.8, 4) is 0 Å². The highest BCUT2D eigenvalue weighted by Crippen LogP contribution is 2.20. The first kappa shape index (κ1) is 9.40. The van der Waals surface area contributed by atoms with Gasteiger partial charge in [-0.05, 0) is 7.05 Å². The Bertz CT molecular complexity index is 348. The SMILES string of the molecule is CCc1nc(N)c2c(n1)CCN(C)C2. The molecule has 0 unspecified atom stereocenters. The number of nitrogen functional groups attached to an aromatic ring is 1. The molecule has 1 aromatic rings. The van der Waals surface area contributed by atoms with Crippen LogP contribution in [0.3, 0.4) is 0 Å². The van der Waals surface area contributed by atoms with Crippen LogP contribution in [0.1, 0.15) is 24.0 Å². The van der Waals surface area contributed by atoms with Crippen LogP contribution in [0.5, 0.6) is 0 Å². The fourth-order valence-corrected chi connectivity index (χ4v) is 1.79. The summed E-state index contributed by atoms with van der Waals surface area (Å²) in [5.41, 5.74) is 8.17. The molecule has 4 heteroatoms. The second-order valence-corrected chi connectivity index (χ2v) is 3.79. The Hall–Kier alpha value is -1.16. The van der Waals surface area contributed by atoms with Gasteiger partial charge in [0.15, 0.2) is 0 Å². The van der Waals surface area contributed by atoms with Gasteiger partial charge in [0.2, 0.25) is 0 Å². The predicted molar refractivity (Wildman–Crippen MR) is 55.9 cm³/mol. The normalized spacial score (nSPS) is 16.7. The lowest BCUT2D eigenvalue weighted by Gasteiger charge is -2.25. The highest BCUT2D eigenvalue weighted by Gasteiger charge is 2.18. The predicted octanol–water partition coefficient (Wildman–Crippen LogP) is 0.609. The molecule has 0 atom stereocenters. The van der Waals surface area contributed by atoms with E-state index >= 15 is 0 Å². The minimum Gasteiger partial charge on any atom is -0.383 e. The molecule has 76 valence electrons. The second-order valence-electron chi connectivity index (χ2n) is 3.79. The van der Waals surface area contributed by atoms with Crippen molar-refractivity contribution in [2.75, 3.05) is 19.3 Å². The van der Waals surface area contributed by atoms with Gasteiger partial charge in [-0.2, -0.15) is 0 Å². The van der Waals surface area contributed by atoms with Crippen LogP contribution in [0.2, 0.25) is 0 Å². The zero-order valence-electron chi connectivity index (χ0n) is 8.75. The van der Waals surface area contributed by atoms with Gasteiger partial charge in [0.1, 0.15) is 11.6 Å². The van der Waals surface area contributed by atoms with Crippen molar-refractivity contribution in [3.63, 3.8) is 0 Å². The summed E-state index contributed by atoms with van der Waals surface area (Å²) in [7, 11) is 2.09. The Morgan fingerprint density at radius 2 is 2.21 bits per heavy atom. The lowest BCUT2D eigenvalue weighted by atomic mass is 10.1. The van der Waals surface area contributed by atoms with E-state index in [-0.39, 0.29) is 0 Å². The number of likely N-dealkylation sites (N-methyl/N-ethyl adjacent to an activating group) is 1. The van der Waals surface area contributed by atoms with Gasteiger partial charge in [-0.1, -0.05) is 6.92 Å². The fourth-order valence-electron chi connectivity index (χ4n) is 1.79. The molecule has 1 aliphatic heterocycles. The topological polar surface area (TPSA) is 55.0 Å². The van der Waals surface area contributed by atoms with Gasteiger partial charge in [-0.25, -0.2) is 9.97 Å². The van der Waals surface area contributed by atoms with Crippen LogP contribution in [0.4, 0.5) is 5.82 Å². The van der Waals surface area contributed by atoms with Gasteiger partial charge >= 0.3 is 0 Å². The Balaban J connectivity index is 2.43. The summed E-state index contributed by atoms with van der Waals surface area (Å²) in [5, 5.41) is 0. The molecule has 4 nitrogen and oxygen atoms in total. The third-order valence-electron chi connectivity index (χ3n) is 2.65. The Morgan fingerprint density at radius 3 is 2.93 bits per heavy atom. The van der Waals surface area contributed by atoms with E-state index < -0.39 is 0 Å². The molecule has 1 aliphatic rings. The number of aromatic nitrogens is 2. The minimum absolute atomic E-state index is 0.665. The van der Waals surface area contributed by atoms with Crippen LogP contribution in [0.15, 0.2) is 0 Å². The molecule has 0 saturated carbocycles. The third kappa shape index (κ3) is 1.57. The van der Waals surface area contributed by atoms with Crippen molar-refractivity contribution in [1.82, 2.24) is 14.9 Å². The molecule has 0 aromatic carbocycles. The van der Waals surface area contributed by atoms with Crippen molar-refractivity contribution in [2.24, 2.45) is 0 Å². The van der Waals surface area contributed by atoms with E-state index in [1.807, 2.05) is 0 Å². The summed E-state index contributed by atoms with van der Waals surface area (Å²) in [6.07, 6.45) is 1.85. The lowest BCUT2D eigenvalue weighted by Crippen LogP contribution is -2.29. The van der Waals surface area contributed by atoms with E-state index in [0.29, 0.717) is 5.82 Å². The number of nitrogens with zero attached hydrogens (tertiary/aromatic N) is 3. The molecule has 0 amide bonds. The molecular formula is C10H16N4. The Kier molecular flexibility index (Phi) is 2.37. The van der Waals surface area contributed by atoms with Gasteiger partial charge < -0.3 is 10.6 Å². The summed E-state index contributed by atoms with van der Waals surface area (Å²) in [6.45, 7) is 3.99. The molecular weight excluding hydrogens is 176 g/mol. The van der Waals surface area contributed by atoms with E-state index in [1.54, 1.807) is 0 Å². The van der Waals surface area contributed by atoms with Crippen molar-refractivity contribution in [2.45, 2.75) is 26.3 Å². The molecule has 2 N–H and O–H groups in total. The molecule has 0 spiro atoms. The first-order valence-electron chi connectivity index (χ1n) is 5.03. The van der Waals surface area contributed by atoms with Crippen LogP contribution in [-0.4, -0.2) is 28.5 Å². The van der Waals surface area contributed by atoms with Gasteiger partial charge in [0.25, 0.3) is 0 Å². The van der Waals surface area contributed by atoms with Gasteiger partial charge in [0, 0.05) is 31.5 Å². The first-order chi connectivity index (χ1) is 6.70. The second kappa shape index (κ2) is 3.53. The smallest absolute Gasteiger partial charge is 0.131 e. The van der Waals surface area contributed by atoms with Crippen LogP contribution < -0.4 is 5.73 Å². The maximum absolute atomic E-state index is 5.90. The van der Waals surface area contributed by atoms with Crippen molar-refractivity contribution < 1.29 is 0 Å². The standard InChI is InChI=1S/C10H16N4/c1-3-9-12-8-4-5-14(2)6-7(8)10(11)13-9/h3-6H2,1-2H3,(H2,11,12,13). The van der Waals surface area contributed by atoms with E-state index in [4.69, 9.17) is 5.73 Å². The summed E-state index contributed by atoms with van der Waals surface area (Å²) in [6, 6.07) is 0. The molecule has 14 heavy (non-hydrogen) atoms.